The molecule has 0 saturated heterocycles. The SMILES string of the molecule is COc1cc(C(=O)NC(C)(CN)C(C)C)cc2c1OCCO2. The van der Waals surface area contributed by atoms with Gasteiger partial charge in [0, 0.05) is 12.1 Å². The zero-order valence-corrected chi connectivity index (χ0v) is 13.6. The Bertz CT molecular complexity index is 542. The third kappa shape index (κ3) is 3.11. The number of benzene rings is 1. The van der Waals surface area contributed by atoms with E-state index in [2.05, 4.69) is 5.32 Å². The van der Waals surface area contributed by atoms with Crippen LogP contribution in [0.5, 0.6) is 17.2 Å². The van der Waals surface area contributed by atoms with E-state index in [-0.39, 0.29) is 11.8 Å². The van der Waals surface area contributed by atoms with Crippen molar-refractivity contribution in [3.8, 4) is 17.2 Å². The second kappa shape index (κ2) is 6.44. The van der Waals surface area contributed by atoms with Crippen LogP contribution in [-0.2, 0) is 0 Å². The van der Waals surface area contributed by atoms with Crippen LogP contribution in [0.4, 0.5) is 0 Å². The lowest BCUT2D eigenvalue weighted by molar-refractivity contribution is 0.0881. The molecule has 3 N–H and O–H groups in total. The molecule has 6 nitrogen and oxygen atoms in total. The first-order chi connectivity index (χ1) is 10.4. The summed E-state index contributed by atoms with van der Waals surface area (Å²) in [6.07, 6.45) is 0. The standard InChI is InChI=1S/C16H24N2O4/c1-10(2)16(3,9-17)18-15(19)11-7-12(20-4)14-13(8-11)21-5-6-22-14/h7-8,10H,5-6,9,17H2,1-4H3,(H,18,19). The summed E-state index contributed by atoms with van der Waals surface area (Å²) >= 11 is 0. The fourth-order valence-corrected chi connectivity index (χ4v) is 2.17. The van der Waals surface area contributed by atoms with Crippen LogP contribution in [0, 0.1) is 5.92 Å². The molecule has 1 aliphatic rings. The molecule has 1 heterocycles. The molecule has 0 saturated carbocycles. The highest BCUT2D eigenvalue weighted by molar-refractivity contribution is 5.96. The van der Waals surface area contributed by atoms with Gasteiger partial charge in [0.15, 0.2) is 11.5 Å². The average Bonchev–Trinajstić information content (AvgIpc) is 2.53. The van der Waals surface area contributed by atoms with E-state index in [1.165, 1.54) is 7.11 Å². The lowest BCUT2D eigenvalue weighted by atomic mass is 9.88. The molecule has 0 fully saturated rings. The Morgan fingerprint density at radius 1 is 1.41 bits per heavy atom. The Morgan fingerprint density at radius 3 is 2.68 bits per heavy atom. The molecular weight excluding hydrogens is 284 g/mol. The van der Waals surface area contributed by atoms with Gasteiger partial charge in [-0.3, -0.25) is 4.79 Å². The van der Waals surface area contributed by atoms with Gasteiger partial charge in [-0.1, -0.05) is 13.8 Å². The quantitative estimate of drug-likeness (QED) is 0.863. The van der Waals surface area contributed by atoms with Gasteiger partial charge in [-0.15, -0.1) is 0 Å². The zero-order chi connectivity index (χ0) is 16.3. The molecule has 122 valence electrons. The molecule has 0 spiro atoms. The van der Waals surface area contributed by atoms with Crippen molar-refractivity contribution >= 4 is 5.91 Å². The lowest BCUT2D eigenvalue weighted by Crippen LogP contribution is -2.55. The van der Waals surface area contributed by atoms with E-state index in [0.717, 1.165) is 0 Å². The second-order valence-electron chi connectivity index (χ2n) is 5.93. The first-order valence-corrected chi connectivity index (χ1v) is 7.41. The molecule has 6 heteroatoms. The van der Waals surface area contributed by atoms with Crippen molar-refractivity contribution in [1.29, 1.82) is 0 Å². The van der Waals surface area contributed by atoms with Gasteiger partial charge >= 0.3 is 0 Å². The summed E-state index contributed by atoms with van der Waals surface area (Å²) in [7, 11) is 1.54. The largest absolute Gasteiger partial charge is 0.493 e. The predicted molar refractivity (Wildman–Crippen MR) is 83.7 cm³/mol. The van der Waals surface area contributed by atoms with Crippen LogP contribution in [0.2, 0.25) is 0 Å². The topological polar surface area (TPSA) is 82.8 Å². The van der Waals surface area contributed by atoms with Gasteiger partial charge in [-0.25, -0.2) is 0 Å². The fourth-order valence-electron chi connectivity index (χ4n) is 2.17. The van der Waals surface area contributed by atoms with Crippen LogP contribution < -0.4 is 25.3 Å². The van der Waals surface area contributed by atoms with E-state index in [9.17, 15) is 4.79 Å². The van der Waals surface area contributed by atoms with E-state index in [1.807, 2.05) is 20.8 Å². The van der Waals surface area contributed by atoms with Crippen LogP contribution in [0.25, 0.3) is 0 Å². The summed E-state index contributed by atoms with van der Waals surface area (Å²) < 4.78 is 16.4. The summed E-state index contributed by atoms with van der Waals surface area (Å²) in [5, 5.41) is 3.00. The van der Waals surface area contributed by atoms with Gasteiger partial charge in [-0.2, -0.15) is 0 Å². The molecule has 0 aromatic heterocycles. The van der Waals surface area contributed by atoms with Gasteiger partial charge < -0.3 is 25.3 Å². The van der Waals surface area contributed by atoms with Crippen LogP contribution in [-0.4, -0.2) is 38.3 Å². The normalized spacial score (nSPS) is 16.1. The maximum atomic E-state index is 12.6. The Balaban J connectivity index is 2.30. The highest BCUT2D eigenvalue weighted by Gasteiger charge is 2.30. The number of carbonyl (C=O) groups is 1. The Morgan fingerprint density at radius 2 is 2.09 bits per heavy atom. The number of ether oxygens (including phenoxy) is 3. The number of amides is 1. The number of methoxy groups -OCH3 is 1. The van der Waals surface area contributed by atoms with Crippen LogP contribution in [0.1, 0.15) is 31.1 Å². The summed E-state index contributed by atoms with van der Waals surface area (Å²) in [5.74, 6) is 1.55. The summed E-state index contributed by atoms with van der Waals surface area (Å²) in [6.45, 7) is 7.26. The number of rotatable bonds is 5. The molecule has 1 atom stereocenters. The minimum absolute atomic E-state index is 0.209. The summed E-state index contributed by atoms with van der Waals surface area (Å²) in [6, 6.07) is 3.32. The first-order valence-electron chi connectivity index (χ1n) is 7.41. The van der Waals surface area contributed by atoms with E-state index in [0.29, 0.717) is 42.6 Å². The molecule has 0 bridgehead atoms. The highest BCUT2D eigenvalue weighted by Crippen LogP contribution is 2.40. The van der Waals surface area contributed by atoms with E-state index < -0.39 is 5.54 Å². The van der Waals surface area contributed by atoms with E-state index >= 15 is 0 Å². The predicted octanol–water partition coefficient (Wildman–Crippen LogP) is 1.57. The maximum absolute atomic E-state index is 12.6. The monoisotopic (exact) mass is 308 g/mol. The molecule has 1 aromatic rings. The highest BCUT2D eigenvalue weighted by atomic mass is 16.6. The summed E-state index contributed by atoms with van der Waals surface area (Å²) in [4.78, 5) is 12.6. The zero-order valence-electron chi connectivity index (χ0n) is 13.6. The molecule has 22 heavy (non-hydrogen) atoms. The third-order valence-electron chi connectivity index (χ3n) is 4.19. The van der Waals surface area contributed by atoms with E-state index in [4.69, 9.17) is 19.9 Å². The van der Waals surface area contributed by atoms with Gasteiger partial charge in [0.05, 0.1) is 12.6 Å². The van der Waals surface area contributed by atoms with Crippen molar-refractivity contribution in [3.63, 3.8) is 0 Å². The average molecular weight is 308 g/mol. The first kappa shape index (κ1) is 16.4. The van der Waals surface area contributed by atoms with E-state index in [1.54, 1.807) is 12.1 Å². The number of nitrogens with two attached hydrogens (primary N) is 1. The number of fused-ring (bicyclic) bond motifs is 1. The Labute approximate surface area is 130 Å². The number of hydrogen-bond acceptors (Lipinski definition) is 5. The molecular formula is C16H24N2O4. The lowest BCUT2D eigenvalue weighted by Gasteiger charge is -2.33. The molecule has 0 radical (unpaired) electrons. The van der Waals surface area contributed by atoms with Gasteiger partial charge in [-0.05, 0) is 25.0 Å². The van der Waals surface area contributed by atoms with Crippen molar-refractivity contribution in [3.05, 3.63) is 17.7 Å². The second-order valence-corrected chi connectivity index (χ2v) is 5.93. The number of hydrogen-bond donors (Lipinski definition) is 2. The molecule has 1 amide bonds. The summed E-state index contributed by atoms with van der Waals surface area (Å²) in [5.41, 5.74) is 5.80. The number of nitrogens with one attached hydrogen (secondary N) is 1. The van der Waals surface area contributed by atoms with Crippen molar-refractivity contribution in [1.82, 2.24) is 5.32 Å². The third-order valence-corrected chi connectivity index (χ3v) is 4.19. The van der Waals surface area contributed by atoms with Crippen molar-refractivity contribution in [2.45, 2.75) is 26.3 Å². The molecule has 1 aromatic carbocycles. The van der Waals surface area contributed by atoms with Crippen molar-refractivity contribution < 1.29 is 19.0 Å². The molecule has 2 rings (SSSR count). The van der Waals surface area contributed by atoms with Gasteiger partial charge in [0.1, 0.15) is 13.2 Å². The van der Waals surface area contributed by atoms with Gasteiger partial charge in [0.2, 0.25) is 5.75 Å². The van der Waals surface area contributed by atoms with Crippen LogP contribution in [0.15, 0.2) is 12.1 Å². The minimum Gasteiger partial charge on any atom is -0.493 e. The smallest absolute Gasteiger partial charge is 0.252 e. The fraction of sp³-hybridized carbons (Fsp3) is 0.562. The van der Waals surface area contributed by atoms with Crippen LogP contribution in [0.3, 0.4) is 0 Å². The van der Waals surface area contributed by atoms with Crippen LogP contribution >= 0.6 is 0 Å². The minimum atomic E-state index is -0.475. The van der Waals surface area contributed by atoms with Crippen molar-refractivity contribution in [2.24, 2.45) is 11.7 Å². The maximum Gasteiger partial charge on any atom is 0.252 e. The Hall–Kier alpha value is -1.95. The van der Waals surface area contributed by atoms with Crippen molar-refractivity contribution in [2.75, 3.05) is 26.9 Å². The molecule has 1 aliphatic heterocycles. The Kier molecular flexibility index (Phi) is 4.81. The van der Waals surface area contributed by atoms with Gasteiger partial charge in [0.25, 0.3) is 5.91 Å². The number of carbonyl (C=O) groups excluding carboxylic acids is 1. The molecule has 1 unspecified atom stereocenters. The molecule has 0 aliphatic carbocycles.